The van der Waals surface area contributed by atoms with E-state index in [0.717, 1.165) is 24.3 Å². The average molecular weight is 558 g/mol. The van der Waals surface area contributed by atoms with Gasteiger partial charge >= 0.3 is 24.2 Å². The number of halogens is 3. The zero-order valence-corrected chi connectivity index (χ0v) is 22.2. The molecule has 3 aromatic rings. The van der Waals surface area contributed by atoms with Gasteiger partial charge in [0.15, 0.2) is 5.92 Å². The van der Waals surface area contributed by atoms with Crippen LogP contribution in [-0.4, -0.2) is 23.6 Å². The summed E-state index contributed by atoms with van der Waals surface area (Å²) in [5, 5.41) is 2.46. The highest BCUT2D eigenvalue weighted by Gasteiger charge is 2.41. The third kappa shape index (κ3) is 9.14. The summed E-state index contributed by atoms with van der Waals surface area (Å²) in [5.41, 5.74) is -0.567. The van der Waals surface area contributed by atoms with Crippen molar-refractivity contribution in [2.24, 2.45) is 5.92 Å². The zero-order chi connectivity index (χ0) is 29.3. The molecule has 1 atom stereocenters. The minimum absolute atomic E-state index is 0.0391. The summed E-state index contributed by atoms with van der Waals surface area (Å²) in [6.45, 7) is 4.46. The smallest absolute Gasteiger partial charge is 0.416 e. The number of hydrogen-bond acceptors (Lipinski definition) is 6. The van der Waals surface area contributed by atoms with Gasteiger partial charge in [0.1, 0.15) is 18.8 Å². The first-order valence-corrected chi connectivity index (χ1v) is 12.4. The number of nitrogens with one attached hydrogen (secondary N) is 1. The van der Waals surface area contributed by atoms with Crippen LogP contribution in [-0.2, 0) is 43.2 Å². The Morgan fingerprint density at radius 1 is 0.725 bits per heavy atom. The first-order chi connectivity index (χ1) is 18.8. The maximum atomic E-state index is 13.4. The number of hydrogen-bond donors (Lipinski definition) is 1. The summed E-state index contributed by atoms with van der Waals surface area (Å²) in [7, 11) is 0. The molecule has 0 radical (unpaired) electrons. The Kier molecular flexibility index (Phi) is 9.93. The van der Waals surface area contributed by atoms with Crippen molar-refractivity contribution in [1.29, 1.82) is 0 Å². The summed E-state index contributed by atoms with van der Waals surface area (Å²) < 4.78 is 55.8. The zero-order valence-electron chi connectivity index (χ0n) is 22.2. The Morgan fingerprint density at radius 2 is 1.18 bits per heavy atom. The quantitative estimate of drug-likeness (QED) is 0.187. The molecule has 0 unspecified atom stereocenters. The SMILES string of the molecule is CC(C)(C)OC(=O)N[C@H](c1ccc(C(F)(F)F)cc1)C(C(=O)OCc1ccccc1)C(=O)OCc1ccccc1. The molecule has 0 spiro atoms. The lowest BCUT2D eigenvalue weighted by Gasteiger charge is -2.28. The van der Waals surface area contributed by atoms with E-state index >= 15 is 0 Å². The summed E-state index contributed by atoms with van der Waals surface area (Å²) in [5.74, 6) is -3.84. The van der Waals surface area contributed by atoms with Crippen LogP contribution in [0.2, 0.25) is 0 Å². The first kappa shape index (κ1) is 30.2. The van der Waals surface area contributed by atoms with E-state index in [0.29, 0.717) is 11.1 Å². The second-order valence-electron chi connectivity index (χ2n) is 9.91. The third-order valence-electron chi connectivity index (χ3n) is 5.56. The molecule has 212 valence electrons. The van der Waals surface area contributed by atoms with Gasteiger partial charge in [-0.15, -0.1) is 0 Å². The highest BCUT2D eigenvalue weighted by atomic mass is 19.4. The minimum Gasteiger partial charge on any atom is -0.460 e. The molecule has 1 N–H and O–H groups in total. The number of alkyl halides is 3. The molecule has 0 saturated heterocycles. The van der Waals surface area contributed by atoms with Crippen molar-refractivity contribution < 1.29 is 41.8 Å². The van der Waals surface area contributed by atoms with Gasteiger partial charge < -0.3 is 19.5 Å². The molecule has 0 fully saturated rings. The molecular weight excluding hydrogens is 527 g/mol. The summed E-state index contributed by atoms with van der Waals surface area (Å²) >= 11 is 0. The number of carbonyl (C=O) groups excluding carboxylic acids is 3. The highest BCUT2D eigenvalue weighted by molar-refractivity contribution is 5.96. The van der Waals surface area contributed by atoms with Gasteiger partial charge in [0.25, 0.3) is 0 Å². The van der Waals surface area contributed by atoms with E-state index in [1.165, 1.54) is 0 Å². The van der Waals surface area contributed by atoms with E-state index in [4.69, 9.17) is 14.2 Å². The molecule has 1 amide bonds. The van der Waals surface area contributed by atoms with Crippen LogP contribution in [0.3, 0.4) is 0 Å². The molecule has 7 nitrogen and oxygen atoms in total. The summed E-state index contributed by atoms with van der Waals surface area (Å²) in [4.78, 5) is 39.5. The summed E-state index contributed by atoms with van der Waals surface area (Å²) in [6.07, 6.45) is -5.61. The van der Waals surface area contributed by atoms with Crippen LogP contribution in [0.4, 0.5) is 18.0 Å². The standard InChI is InChI=1S/C30H30F3NO6/c1-29(2,3)40-28(37)34-25(22-14-16-23(17-15-22)30(31,32)33)24(26(35)38-18-20-10-6-4-7-11-20)27(36)39-19-21-12-8-5-9-13-21/h4-17,24-25H,18-19H2,1-3H3,(H,34,37)/t25-/m1/s1. The Bertz CT molecular complexity index is 1220. The van der Waals surface area contributed by atoms with Gasteiger partial charge in [-0.25, -0.2) is 4.79 Å². The van der Waals surface area contributed by atoms with Crippen molar-refractivity contribution >= 4 is 18.0 Å². The van der Waals surface area contributed by atoms with E-state index < -0.39 is 47.3 Å². The Labute approximate surface area is 230 Å². The number of benzene rings is 3. The van der Waals surface area contributed by atoms with Gasteiger partial charge in [0, 0.05) is 0 Å². The van der Waals surface area contributed by atoms with Gasteiger partial charge in [0.05, 0.1) is 11.6 Å². The van der Waals surface area contributed by atoms with Crippen LogP contribution in [0.25, 0.3) is 0 Å². The van der Waals surface area contributed by atoms with E-state index in [-0.39, 0.29) is 18.8 Å². The lowest BCUT2D eigenvalue weighted by Crippen LogP contribution is -2.43. The first-order valence-electron chi connectivity index (χ1n) is 12.4. The molecule has 0 bridgehead atoms. The molecule has 0 saturated carbocycles. The van der Waals surface area contributed by atoms with E-state index in [1.54, 1.807) is 81.4 Å². The third-order valence-corrected chi connectivity index (χ3v) is 5.56. The normalized spacial score (nSPS) is 12.4. The predicted molar refractivity (Wildman–Crippen MR) is 140 cm³/mol. The van der Waals surface area contributed by atoms with Crippen LogP contribution in [0, 0.1) is 5.92 Å². The van der Waals surface area contributed by atoms with Gasteiger partial charge in [-0.1, -0.05) is 72.8 Å². The van der Waals surface area contributed by atoms with E-state index in [2.05, 4.69) is 5.32 Å². The molecule has 0 aliphatic heterocycles. The van der Waals surface area contributed by atoms with Crippen molar-refractivity contribution in [2.75, 3.05) is 0 Å². The molecule has 3 aromatic carbocycles. The number of carbonyl (C=O) groups is 3. The minimum atomic E-state index is -4.62. The maximum absolute atomic E-state index is 13.4. The lowest BCUT2D eigenvalue weighted by atomic mass is 9.92. The van der Waals surface area contributed by atoms with Gasteiger partial charge in [-0.2, -0.15) is 13.2 Å². The lowest BCUT2D eigenvalue weighted by molar-refractivity contribution is -0.165. The molecule has 10 heteroatoms. The predicted octanol–water partition coefficient (Wildman–Crippen LogP) is 6.37. The van der Waals surface area contributed by atoms with Crippen molar-refractivity contribution in [3.63, 3.8) is 0 Å². The maximum Gasteiger partial charge on any atom is 0.416 e. The number of ether oxygens (including phenoxy) is 3. The fourth-order valence-electron chi connectivity index (χ4n) is 3.68. The second kappa shape index (κ2) is 13.1. The number of alkyl carbamates (subject to hydrolysis) is 1. The Balaban J connectivity index is 1.97. The largest absolute Gasteiger partial charge is 0.460 e. The van der Waals surface area contributed by atoms with Crippen LogP contribution in [0.5, 0.6) is 0 Å². The van der Waals surface area contributed by atoms with Gasteiger partial charge in [-0.3, -0.25) is 9.59 Å². The van der Waals surface area contributed by atoms with Gasteiger partial charge in [-0.05, 0) is 49.6 Å². The van der Waals surface area contributed by atoms with Crippen molar-refractivity contribution in [2.45, 2.75) is 51.8 Å². The fraction of sp³-hybridized carbons (Fsp3) is 0.300. The molecule has 0 heterocycles. The number of rotatable bonds is 9. The summed E-state index contributed by atoms with van der Waals surface area (Å²) in [6, 6.07) is 19.6. The molecule has 3 rings (SSSR count). The Morgan fingerprint density at radius 3 is 1.57 bits per heavy atom. The topological polar surface area (TPSA) is 90.9 Å². The van der Waals surface area contributed by atoms with Crippen LogP contribution in [0.1, 0.15) is 49.1 Å². The molecule has 0 aliphatic carbocycles. The molecule has 40 heavy (non-hydrogen) atoms. The number of esters is 2. The van der Waals surface area contributed by atoms with Crippen molar-refractivity contribution in [3.05, 3.63) is 107 Å². The van der Waals surface area contributed by atoms with Crippen LogP contribution >= 0.6 is 0 Å². The van der Waals surface area contributed by atoms with Gasteiger partial charge in [0.2, 0.25) is 0 Å². The Hall–Kier alpha value is -4.34. The highest BCUT2D eigenvalue weighted by Crippen LogP contribution is 2.32. The number of amides is 1. The average Bonchev–Trinajstić information content (AvgIpc) is 2.90. The fourth-order valence-corrected chi connectivity index (χ4v) is 3.68. The van der Waals surface area contributed by atoms with Crippen LogP contribution in [0.15, 0.2) is 84.9 Å². The van der Waals surface area contributed by atoms with E-state index in [1.807, 2.05) is 0 Å². The molecular formula is C30H30F3NO6. The van der Waals surface area contributed by atoms with Crippen molar-refractivity contribution in [1.82, 2.24) is 5.32 Å². The van der Waals surface area contributed by atoms with Crippen molar-refractivity contribution in [3.8, 4) is 0 Å². The molecule has 0 aliphatic rings. The second-order valence-corrected chi connectivity index (χ2v) is 9.91. The molecule has 0 aromatic heterocycles. The van der Waals surface area contributed by atoms with Crippen LogP contribution < -0.4 is 5.32 Å². The monoisotopic (exact) mass is 557 g/mol. The van der Waals surface area contributed by atoms with E-state index in [9.17, 15) is 27.6 Å².